The number of rotatable bonds is 5. The van der Waals surface area contributed by atoms with E-state index in [-0.39, 0.29) is 36.9 Å². The van der Waals surface area contributed by atoms with Crippen molar-refractivity contribution in [3.8, 4) is 5.75 Å². The predicted molar refractivity (Wildman–Crippen MR) is 99.8 cm³/mol. The minimum atomic E-state index is -0.340. The van der Waals surface area contributed by atoms with Gasteiger partial charge < -0.3 is 15.4 Å². The van der Waals surface area contributed by atoms with E-state index >= 15 is 0 Å². The number of carbonyl (C=O) groups is 3. The third kappa shape index (κ3) is 4.41. The summed E-state index contributed by atoms with van der Waals surface area (Å²) in [6.45, 7) is 3.40. The van der Waals surface area contributed by atoms with Crippen LogP contribution < -0.4 is 20.3 Å². The van der Waals surface area contributed by atoms with Gasteiger partial charge in [0.2, 0.25) is 5.91 Å². The zero-order valence-corrected chi connectivity index (χ0v) is 15.1. The maximum atomic E-state index is 12.5. The first-order chi connectivity index (χ1) is 12.9. The number of nitrogens with one attached hydrogen (secondary N) is 2. The summed E-state index contributed by atoms with van der Waals surface area (Å²) >= 11 is 0. The summed E-state index contributed by atoms with van der Waals surface area (Å²) < 4.78 is 5.42. The number of fused-ring (bicyclic) bond motifs is 1. The van der Waals surface area contributed by atoms with Crippen molar-refractivity contribution in [2.24, 2.45) is 0 Å². The van der Waals surface area contributed by atoms with Crippen molar-refractivity contribution in [3.63, 3.8) is 0 Å². The number of hydrogen-bond donors (Lipinski definition) is 2. The first kappa shape index (κ1) is 18.4. The van der Waals surface area contributed by atoms with E-state index in [1.165, 1.54) is 4.90 Å². The molecule has 0 bridgehead atoms. The highest BCUT2D eigenvalue weighted by molar-refractivity contribution is 6.07. The summed E-state index contributed by atoms with van der Waals surface area (Å²) in [4.78, 5) is 42.1. The molecule has 3 amide bonds. The third-order valence-electron chi connectivity index (χ3n) is 3.85. The van der Waals surface area contributed by atoms with E-state index in [1.54, 1.807) is 42.7 Å². The molecule has 1 aliphatic heterocycles. The zero-order valence-electron chi connectivity index (χ0n) is 15.1. The van der Waals surface area contributed by atoms with Gasteiger partial charge in [0.15, 0.2) is 6.61 Å². The summed E-state index contributed by atoms with van der Waals surface area (Å²) in [5.41, 5.74) is 1.35. The largest absolute Gasteiger partial charge is 0.482 e. The Morgan fingerprint density at radius 3 is 2.67 bits per heavy atom. The normalized spacial score (nSPS) is 13.0. The molecule has 8 nitrogen and oxygen atoms in total. The first-order valence-electron chi connectivity index (χ1n) is 8.52. The Hall–Kier alpha value is -3.42. The van der Waals surface area contributed by atoms with Crippen LogP contribution >= 0.6 is 0 Å². The van der Waals surface area contributed by atoms with Gasteiger partial charge in [-0.05, 0) is 44.2 Å². The second-order valence-electron chi connectivity index (χ2n) is 6.36. The van der Waals surface area contributed by atoms with E-state index < -0.39 is 0 Å². The summed E-state index contributed by atoms with van der Waals surface area (Å²) in [5, 5.41) is 5.51. The average molecular weight is 368 g/mol. The lowest BCUT2D eigenvalue weighted by atomic mass is 10.1. The summed E-state index contributed by atoms with van der Waals surface area (Å²) in [6, 6.07) is 8.09. The molecule has 140 valence electrons. The van der Waals surface area contributed by atoms with Gasteiger partial charge in [-0.15, -0.1) is 0 Å². The van der Waals surface area contributed by atoms with Crippen molar-refractivity contribution in [2.75, 3.05) is 23.4 Å². The molecule has 27 heavy (non-hydrogen) atoms. The SMILES string of the molecule is CC(C)NC(=O)CN1C(=O)COc2ccc(C(=O)Nc3ccncc3)cc21. The number of nitrogens with zero attached hydrogens (tertiary/aromatic N) is 2. The Morgan fingerprint density at radius 1 is 1.22 bits per heavy atom. The van der Waals surface area contributed by atoms with Crippen LogP contribution in [-0.4, -0.2) is 41.9 Å². The molecule has 8 heteroatoms. The molecule has 0 spiro atoms. The highest BCUT2D eigenvalue weighted by Crippen LogP contribution is 2.33. The van der Waals surface area contributed by atoms with Gasteiger partial charge in [-0.2, -0.15) is 0 Å². The number of pyridine rings is 1. The van der Waals surface area contributed by atoms with Gasteiger partial charge in [0.25, 0.3) is 11.8 Å². The number of ether oxygens (including phenoxy) is 1. The fourth-order valence-electron chi connectivity index (χ4n) is 2.67. The van der Waals surface area contributed by atoms with Crippen LogP contribution in [0.2, 0.25) is 0 Å². The molecule has 2 N–H and O–H groups in total. The van der Waals surface area contributed by atoms with Crippen molar-refractivity contribution in [2.45, 2.75) is 19.9 Å². The maximum absolute atomic E-state index is 12.5. The predicted octanol–water partition coefficient (Wildman–Crippen LogP) is 1.58. The van der Waals surface area contributed by atoms with Gasteiger partial charge >= 0.3 is 0 Å². The van der Waals surface area contributed by atoms with Crippen molar-refractivity contribution in [3.05, 3.63) is 48.3 Å². The van der Waals surface area contributed by atoms with Crippen LogP contribution in [0, 0.1) is 0 Å². The molecule has 0 unspecified atom stereocenters. The Bertz CT molecular complexity index is 867. The van der Waals surface area contributed by atoms with Crippen LogP contribution in [0.15, 0.2) is 42.7 Å². The van der Waals surface area contributed by atoms with E-state index in [1.807, 2.05) is 13.8 Å². The minimum absolute atomic E-state index is 0.0365. The zero-order chi connectivity index (χ0) is 19.4. The Kier molecular flexibility index (Phi) is 5.35. The molecule has 1 aromatic heterocycles. The Labute approximate surface area is 156 Å². The van der Waals surface area contributed by atoms with Gasteiger partial charge in [0.05, 0.1) is 5.69 Å². The van der Waals surface area contributed by atoms with Crippen LogP contribution in [0.1, 0.15) is 24.2 Å². The second-order valence-corrected chi connectivity index (χ2v) is 6.36. The van der Waals surface area contributed by atoms with Gasteiger partial charge in [-0.3, -0.25) is 24.3 Å². The minimum Gasteiger partial charge on any atom is -0.482 e. The molecular weight excluding hydrogens is 348 g/mol. The highest BCUT2D eigenvalue weighted by atomic mass is 16.5. The lowest BCUT2D eigenvalue weighted by Gasteiger charge is -2.29. The van der Waals surface area contributed by atoms with Crippen molar-refractivity contribution in [1.82, 2.24) is 10.3 Å². The van der Waals surface area contributed by atoms with Crippen molar-refractivity contribution in [1.29, 1.82) is 0 Å². The number of carbonyl (C=O) groups excluding carboxylic acids is 3. The van der Waals surface area contributed by atoms with Gasteiger partial charge in [-0.1, -0.05) is 0 Å². The second kappa shape index (κ2) is 7.86. The quantitative estimate of drug-likeness (QED) is 0.835. The topological polar surface area (TPSA) is 101 Å². The van der Waals surface area contributed by atoms with Crippen molar-refractivity contribution >= 4 is 29.1 Å². The fraction of sp³-hybridized carbons (Fsp3) is 0.263. The van der Waals surface area contributed by atoms with Gasteiger partial charge in [0.1, 0.15) is 12.3 Å². The molecule has 0 saturated heterocycles. The van der Waals surface area contributed by atoms with Crippen LogP contribution in [0.25, 0.3) is 0 Å². The molecule has 0 atom stereocenters. The van der Waals surface area contributed by atoms with E-state index in [0.29, 0.717) is 22.7 Å². The summed E-state index contributed by atoms with van der Waals surface area (Å²) in [5.74, 6) is -0.507. The van der Waals surface area contributed by atoms with Crippen LogP contribution in [0.5, 0.6) is 5.75 Å². The number of anilines is 2. The molecule has 0 aliphatic carbocycles. The Morgan fingerprint density at radius 2 is 1.96 bits per heavy atom. The van der Waals surface area contributed by atoms with Gasteiger partial charge in [0, 0.05) is 29.7 Å². The van der Waals surface area contributed by atoms with Gasteiger partial charge in [-0.25, -0.2) is 0 Å². The maximum Gasteiger partial charge on any atom is 0.265 e. The van der Waals surface area contributed by atoms with E-state index in [9.17, 15) is 14.4 Å². The number of aromatic nitrogens is 1. The molecule has 2 heterocycles. The van der Waals surface area contributed by atoms with Crippen molar-refractivity contribution < 1.29 is 19.1 Å². The average Bonchev–Trinajstić information content (AvgIpc) is 2.64. The summed E-state index contributed by atoms with van der Waals surface area (Å²) in [7, 11) is 0. The molecule has 3 rings (SSSR count). The lowest BCUT2D eigenvalue weighted by Crippen LogP contribution is -2.46. The van der Waals surface area contributed by atoms with E-state index in [4.69, 9.17) is 4.74 Å². The van der Waals surface area contributed by atoms with E-state index in [0.717, 1.165) is 0 Å². The molecule has 1 aliphatic rings. The molecular formula is C19H20N4O4. The molecule has 0 radical (unpaired) electrons. The van der Waals surface area contributed by atoms with Crippen LogP contribution in [0.4, 0.5) is 11.4 Å². The molecule has 2 aromatic rings. The van der Waals surface area contributed by atoms with Crippen LogP contribution in [0.3, 0.4) is 0 Å². The lowest BCUT2D eigenvalue weighted by molar-refractivity contribution is -0.125. The molecule has 0 fully saturated rings. The highest BCUT2D eigenvalue weighted by Gasteiger charge is 2.28. The fourth-order valence-corrected chi connectivity index (χ4v) is 2.67. The number of benzene rings is 1. The molecule has 0 saturated carbocycles. The number of amides is 3. The standard InChI is InChI=1S/C19H20N4O4/c1-12(2)21-17(24)10-23-15-9-13(3-4-16(15)27-11-18(23)25)19(26)22-14-5-7-20-8-6-14/h3-9,12H,10-11H2,1-2H3,(H,21,24)(H,20,22,26). The smallest absolute Gasteiger partial charge is 0.265 e. The monoisotopic (exact) mass is 368 g/mol. The summed E-state index contributed by atoms with van der Waals surface area (Å²) in [6.07, 6.45) is 3.15. The number of hydrogen-bond acceptors (Lipinski definition) is 5. The molecule has 1 aromatic carbocycles. The van der Waals surface area contributed by atoms with E-state index in [2.05, 4.69) is 15.6 Å². The van der Waals surface area contributed by atoms with Crippen LogP contribution in [-0.2, 0) is 9.59 Å². The Balaban J connectivity index is 1.83. The third-order valence-corrected chi connectivity index (χ3v) is 3.85. The first-order valence-corrected chi connectivity index (χ1v) is 8.52.